The van der Waals surface area contributed by atoms with E-state index in [0.717, 1.165) is 11.1 Å². The van der Waals surface area contributed by atoms with Crippen molar-refractivity contribution >= 4 is 17.3 Å². The predicted molar refractivity (Wildman–Crippen MR) is 71.8 cm³/mol. The van der Waals surface area contributed by atoms with Crippen LogP contribution in [0, 0.1) is 19.7 Å². The third kappa shape index (κ3) is 2.57. The molecule has 0 radical (unpaired) electrons. The fourth-order valence-corrected chi connectivity index (χ4v) is 1.74. The van der Waals surface area contributed by atoms with Gasteiger partial charge in [-0.25, -0.2) is 4.39 Å². The van der Waals surface area contributed by atoms with E-state index in [1.165, 1.54) is 12.1 Å². The lowest BCUT2D eigenvalue weighted by Gasteiger charge is -2.11. The summed E-state index contributed by atoms with van der Waals surface area (Å²) < 4.78 is 19.1. The molecule has 0 saturated carbocycles. The van der Waals surface area contributed by atoms with Crippen LogP contribution in [0.5, 0.6) is 11.5 Å². The maximum Gasteiger partial charge on any atom is 0.167 e. The molecular formula is C14H13ClFNO. The van der Waals surface area contributed by atoms with Crippen LogP contribution in [0.2, 0.25) is 5.02 Å². The molecule has 0 fully saturated rings. The van der Waals surface area contributed by atoms with Gasteiger partial charge in [0.25, 0.3) is 0 Å². The highest BCUT2D eigenvalue weighted by atomic mass is 35.5. The smallest absolute Gasteiger partial charge is 0.167 e. The maximum absolute atomic E-state index is 13.6. The number of nitrogen functional groups attached to an aromatic ring is 1. The zero-order valence-electron chi connectivity index (χ0n) is 10.1. The van der Waals surface area contributed by atoms with Crippen LogP contribution in [-0.2, 0) is 0 Å². The van der Waals surface area contributed by atoms with Crippen LogP contribution in [-0.4, -0.2) is 0 Å². The number of ether oxygens (including phenoxy) is 1. The van der Waals surface area contributed by atoms with Gasteiger partial charge in [0.15, 0.2) is 17.3 Å². The van der Waals surface area contributed by atoms with Gasteiger partial charge in [-0.15, -0.1) is 0 Å². The highest BCUT2D eigenvalue weighted by Gasteiger charge is 2.09. The largest absolute Gasteiger partial charge is 0.452 e. The summed E-state index contributed by atoms with van der Waals surface area (Å²) >= 11 is 5.68. The Hall–Kier alpha value is -1.74. The zero-order chi connectivity index (χ0) is 13.3. The highest BCUT2D eigenvalue weighted by molar-refractivity contribution is 6.30. The molecule has 0 aromatic heterocycles. The SMILES string of the molecule is Cc1cc(N)c(Oc2ccc(Cl)cc2F)cc1C. The number of nitrogens with two attached hydrogens (primary N) is 1. The van der Waals surface area contributed by atoms with Gasteiger partial charge in [0, 0.05) is 5.02 Å². The molecule has 4 heteroatoms. The van der Waals surface area contributed by atoms with Gasteiger partial charge in [-0.1, -0.05) is 11.6 Å². The van der Waals surface area contributed by atoms with Gasteiger partial charge in [-0.2, -0.15) is 0 Å². The molecule has 2 aromatic rings. The Kier molecular flexibility index (Phi) is 3.43. The van der Waals surface area contributed by atoms with E-state index in [1.54, 1.807) is 18.2 Å². The van der Waals surface area contributed by atoms with Crippen LogP contribution in [0.1, 0.15) is 11.1 Å². The Labute approximate surface area is 110 Å². The van der Waals surface area contributed by atoms with Crippen molar-refractivity contribution in [1.82, 2.24) is 0 Å². The van der Waals surface area contributed by atoms with Gasteiger partial charge >= 0.3 is 0 Å². The molecule has 0 spiro atoms. The predicted octanol–water partition coefficient (Wildman–Crippen LogP) is 4.47. The van der Waals surface area contributed by atoms with Gasteiger partial charge < -0.3 is 10.5 Å². The first-order chi connectivity index (χ1) is 8.47. The second-order valence-electron chi connectivity index (χ2n) is 4.15. The van der Waals surface area contributed by atoms with Crippen molar-refractivity contribution in [2.75, 3.05) is 5.73 Å². The summed E-state index contributed by atoms with van der Waals surface area (Å²) in [5.74, 6) is 0.0359. The van der Waals surface area contributed by atoms with E-state index in [2.05, 4.69) is 0 Å². The average molecular weight is 266 g/mol. The Morgan fingerprint density at radius 1 is 1.06 bits per heavy atom. The summed E-state index contributed by atoms with van der Waals surface area (Å²) in [5.41, 5.74) is 8.43. The Bertz CT molecular complexity index is 599. The third-order valence-electron chi connectivity index (χ3n) is 2.74. The number of benzene rings is 2. The first-order valence-electron chi connectivity index (χ1n) is 5.47. The van der Waals surface area contributed by atoms with E-state index in [1.807, 2.05) is 13.8 Å². The van der Waals surface area contributed by atoms with E-state index in [0.29, 0.717) is 16.5 Å². The molecular weight excluding hydrogens is 253 g/mol. The van der Waals surface area contributed by atoms with Crippen molar-refractivity contribution < 1.29 is 9.13 Å². The minimum absolute atomic E-state index is 0.106. The number of halogens is 2. The van der Waals surface area contributed by atoms with Crippen LogP contribution < -0.4 is 10.5 Å². The number of hydrogen-bond acceptors (Lipinski definition) is 2. The molecule has 0 aliphatic heterocycles. The second kappa shape index (κ2) is 4.86. The quantitative estimate of drug-likeness (QED) is 0.813. The molecule has 94 valence electrons. The van der Waals surface area contributed by atoms with Crippen LogP contribution >= 0.6 is 11.6 Å². The average Bonchev–Trinajstić information content (AvgIpc) is 2.29. The molecule has 2 N–H and O–H groups in total. The fourth-order valence-electron chi connectivity index (χ4n) is 1.58. The van der Waals surface area contributed by atoms with Gasteiger partial charge in [0.2, 0.25) is 0 Å². The van der Waals surface area contributed by atoms with Crippen molar-refractivity contribution in [3.63, 3.8) is 0 Å². The highest BCUT2D eigenvalue weighted by Crippen LogP contribution is 2.32. The van der Waals surface area contributed by atoms with Crippen LogP contribution in [0.4, 0.5) is 10.1 Å². The van der Waals surface area contributed by atoms with E-state index >= 15 is 0 Å². The topological polar surface area (TPSA) is 35.2 Å². The lowest BCUT2D eigenvalue weighted by atomic mass is 10.1. The first kappa shape index (κ1) is 12.7. The maximum atomic E-state index is 13.6. The Morgan fingerprint density at radius 2 is 1.72 bits per heavy atom. The Morgan fingerprint density at radius 3 is 2.39 bits per heavy atom. The number of hydrogen-bond donors (Lipinski definition) is 1. The summed E-state index contributed by atoms with van der Waals surface area (Å²) in [4.78, 5) is 0. The summed E-state index contributed by atoms with van der Waals surface area (Å²) in [7, 11) is 0. The lowest BCUT2D eigenvalue weighted by Crippen LogP contribution is -1.96. The number of anilines is 1. The molecule has 2 aromatic carbocycles. The normalized spacial score (nSPS) is 10.4. The molecule has 0 bridgehead atoms. The molecule has 0 aliphatic carbocycles. The zero-order valence-corrected chi connectivity index (χ0v) is 10.9. The molecule has 0 unspecified atom stereocenters. The molecule has 2 nitrogen and oxygen atoms in total. The molecule has 0 saturated heterocycles. The van der Waals surface area contributed by atoms with Crippen LogP contribution in [0.3, 0.4) is 0 Å². The van der Waals surface area contributed by atoms with Crippen molar-refractivity contribution in [1.29, 1.82) is 0 Å². The van der Waals surface area contributed by atoms with Crippen molar-refractivity contribution in [2.24, 2.45) is 0 Å². The molecule has 18 heavy (non-hydrogen) atoms. The number of rotatable bonds is 2. The van der Waals surface area contributed by atoms with Gasteiger partial charge in [-0.3, -0.25) is 0 Å². The van der Waals surface area contributed by atoms with E-state index < -0.39 is 5.82 Å². The summed E-state index contributed by atoms with van der Waals surface area (Å²) in [6.07, 6.45) is 0. The second-order valence-corrected chi connectivity index (χ2v) is 4.59. The summed E-state index contributed by atoms with van der Waals surface area (Å²) in [6, 6.07) is 7.84. The minimum Gasteiger partial charge on any atom is -0.452 e. The summed E-state index contributed by atoms with van der Waals surface area (Å²) in [5, 5.41) is 0.327. The van der Waals surface area contributed by atoms with Crippen molar-refractivity contribution in [3.05, 3.63) is 52.3 Å². The molecule has 0 aliphatic rings. The van der Waals surface area contributed by atoms with E-state index in [4.69, 9.17) is 22.1 Å². The minimum atomic E-state index is -0.514. The van der Waals surface area contributed by atoms with Crippen LogP contribution in [0.15, 0.2) is 30.3 Å². The molecule has 2 rings (SSSR count). The van der Waals surface area contributed by atoms with E-state index in [-0.39, 0.29) is 5.75 Å². The lowest BCUT2D eigenvalue weighted by molar-refractivity contribution is 0.444. The monoisotopic (exact) mass is 265 g/mol. The number of aryl methyl sites for hydroxylation is 2. The molecule has 0 heterocycles. The molecule has 0 atom stereocenters. The van der Waals surface area contributed by atoms with Crippen molar-refractivity contribution in [2.45, 2.75) is 13.8 Å². The van der Waals surface area contributed by atoms with Gasteiger partial charge in [0.05, 0.1) is 5.69 Å². The van der Waals surface area contributed by atoms with Gasteiger partial charge in [-0.05, 0) is 55.3 Å². The van der Waals surface area contributed by atoms with E-state index in [9.17, 15) is 4.39 Å². The van der Waals surface area contributed by atoms with Crippen molar-refractivity contribution in [3.8, 4) is 11.5 Å². The standard InChI is InChI=1S/C14H13ClFNO/c1-8-5-12(17)14(6-9(8)2)18-13-4-3-10(15)7-11(13)16/h3-7H,17H2,1-2H3. The Balaban J connectivity index is 2.37. The summed E-state index contributed by atoms with van der Waals surface area (Å²) in [6.45, 7) is 3.90. The fraction of sp³-hybridized carbons (Fsp3) is 0.143. The van der Waals surface area contributed by atoms with Gasteiger partial charge in [0.1, 0.15) is 0 Å². The first-order valence-corrected chi connectivity index (χ1v) is 5.85. The molecule has 0 amide bonds. The van der Waals surface area contributed by atoms with Crippen LogP contribution in [0.25, 0.3) is 0 Å². The third-order valence-corrected chi connectivity index (χ3v) is 2.98.